The Balaban J connectivity index is 1.26. The molecule has 2 amide bonds. The molecule has 4 heterocycles. The van der Waals surface area contributed by atoms with Gasteiger partial charge in [0.2, 0.25) is 17.6 Å². The van der Waals surface area contributed by atoms with Gasteiger partial charge in [0.05, 0.1) is 6.54 Å². The van der Waals surface area contributed by atoms with Crippen LogP contribution in [0, 0.1) is 0 Å². The Hall–Kier alpha value is -3.95. The predicted molar refractivity (Wildman–Crippen MR) is 123 cm³/mol. The maximum Gasteiger partial charge on any atom is 0.261 e. The van der Waals surface area contributed by atoms with Crippen molar-refractivity contribution >= 4 is 17.6 Å². The first-order valence-electron chi connectivity index (χ1n) is 11.5. The lowest BCUT2D eigenvalue weighted by Gasteiger charge is -2.33. The number of rotatable bonds is 6. The summed E-state index contributed by atoms with van der Waals surface area (Å²) in [6, 6.07) is 12.7. The topological polar surface area (TPSA) is 114 Å². The van der Waals surface area contributed by atoms with Crippen molar-refractivity contribution in [3.8, 4) is 17.1 Å². The number of amides is 2. The van der Waals surface area contributed by atoms with Crippen molar-refractivity contribution in [1.82, 2.24) is 25.3 Å². The van der Waals surface area contributed by atoms with Crippen LogP contribution in [0.15, 0.2) is 53.2 Å². The van der Waals surface area contributed by atoms with Gasteiger partial charge in [-0.15, -0.1) is 0 Å². The van der Waals surface area contributed by atoms with Crippen molar-refractivity contribution in [2.24, 2.45) is 0 Å². The average Bonchev–Trinajstić information content (AvgIpc) is 3.38. The number of benzene rings is 1. The molecule has 1 N–H and O–H groups in total. The normalized spacial score (nSPS) is 18.5. The first-order chi connectivity index (χ1) is 16.7. The van der Waals surface area contributed by atoms with Crippen LogP contribution in [0.1, 0.15) is 31.2 Å². The molecule has 2 aliphatic rings. The molecule has 1 unspecified atom stereocenters. The van der Waals surface area contributed by atoms with Crippen LogP contribution >= 0.6 is 0 Å². The van der Waals surface area contributed by atoms with Gasteiger partial charge < -0.3 is 24.4 Å². The summed E-state index contributed by atoms with van der Waals surface area (Å²) < 4.78 is 11.2. The Morgan fingerprint density at radius 1 is 1.15 bits per heavy atom. The highest BCUT2D eigenvalue weighted by Crippen LogP contribution is 2.31. The Morgan fingerprint density at radius 3 is 2.82 bits per heavy atom. The number of pyridine rings is 1. The molecule has 5 rings (SSSR count). The minimum Gasteiger partial charge on any atom is -0.484 e. The van der Waals surface area contributed by atoms with Crippen molar-refractivity contribution in [1.29, 1.82) is 0 Å². The molecule has 2 saturated heterocycles. The van der Waals surface area contributed by atoms with Crippen molar-refractivity contribution < 1.29 is 18.8 Å². The van der Waals surface area contributed by atoms with Gasteiger partial charge in [-0.3, -0.25) is 9.59 Å². The number of ether oxygens (including phenoxy) is 1. The van der Waals surface area contributed by atoms with Crippen LogP contribution in [-0.4, -0.2) is 64.6 Å². The molecule has 10 nitrogen and oxygen atoms in total. The minimum atomic E-state index is -0.277. The van der Waals surface area contributed by atoms with E-state index in [-0.39, 0.29) is 31.0 Å². The molecule has 0 spiro atoms. The fraction of sp³-hybridized carbons (Fsp3) is 0.375. The van der Waals surface area contributed by atoms with Crippen molar-refractivity contribution in [3.63, 3.8) is 0 Å². The SMILES string of the molecule is O=C1CN(c2ccc(-c3noc(C4CCCCN4C(=O)COc4ccccc4)n3)cn2)CCN1. The molecule has 2 fully saturated rings. The second kappa shape index (κ2) is 9.90. The average molecular weight is 463 g/mol. The van der Waals surface area contributed by atoms with Gasteiger partial charge in [0.15, 0.2) is 6.61 Å². The molecule has 1 aromatic carbocycles. The van der Waals surface area contributed by atoms with Gasteiger partial charge in [-0.05, 0) is 43.5 Å². The molecule has 34 heavy (non-hydrogen) atoms. The lowest BCUT2D eigenvalue weighted by molar-refractivity contribution is -0.138. The van der Waals surface area contributed by atoms with E-state index in [9.17, 15) is 9.59 Å². The first-order valence-corrected chi connectivity index (χ1v) is 11.5. The Morgan fingerprint density at radius 2 is 2.03 bits per heavy atom. The maximum absolute atomic E-state index is 12.9. The smallest absolute Gasteiger partial charge is 0.261 e. The van der Waals surface area contributed by atoms with Gasteiger partial charge in [0.25, 0.3) is 5.91 Å². The third-order valence-electron chi connectivity index (χ3n) is 6.02. The molecule has 2 aromatic heterocycles. The number of hydrogen-bond donors (Lipinski definition) is 1. The van der Waals surface area contributed by atoms with Crippen molar-refractivity contribution in [2.45, 2.75) is 25.3 Å². The Kier molecular flexibility index (Phi) is 6.37. The highest BCUT2D eigenvalue weighted by Gasteiger charge is 2.32. The second-order valence-electron chi connectivity index (χ2n) is 8.33. The van der Waals surface area contributed by atoms with E-state index >= 15 is 0 Å². The maximum atomic E-state index is 12.9. The van der Waals surface area contributed by atoms with Crippen LogP contribution in [0.2, 0.25) is 0 Å². The summed E-state index contributed by atoms with van der Waals surface area (Å²) in [4.78, 5) is 37.3. The van der Waals surface area contributed by atoms with Gasteiger partial charge >= 0.3 is 0 Å². The van der Waals surface area contributed by atoms with Crippen LogP contribution in [0.3, 0.4) is 0 Å². The summed E-state index contributed by atoms with van der Waals surface area (Å²) in [5, 5.41) is 6.93. The van der Waals surface area contributed by atoms with Gasteiger partial charge in [-0.2, -0.15) is 4.98 Å². The summed E-state index contributed by atoms with van der Waals surface area (Å²) >= 11 is 0. The number of piperidine rings is 1. The number of para-hydroxylation sites is 1. The summed E-state index contributed by atoms with van der Waals surface area (Å²) in [7, 11) is 0. The van der Waals surface area contributed by atoms with E-state index in [0.717, 1.165) is 25.1 Å². The zero-order valence-corrected chi connectivity index (χ0v) is 18.7. The monoisotopic (exact) mass is 462 g/mol. The number of anilines is 1. The van der Waals surface area contributed by atoms with E-state index < -0.39 is 0 Å². The lowest BCUT2D eigenvalue weighted by atomic mass is 10.0. The number of carbonyl (C=O) groups is 2. The summed E-state index contributed by atoms with van der Waals surface area (Å²) in [5.41, 5.74) is 0.710. The minimum absolute atomic E-state index is 0.0133. The van der Waals surface area contributed by atoms with Crippen molar-refractivity contribution in [2.75, 3.05) is 37.7 Å². The second-order valence-corrected chi connectivity index (χ2v) is 8.33. The molecule has 0 aliphatic carbocycles. The van der Waals surface area contributed by atoms with Crippen LogP contribution in [0.25, 0.3) is 11.4 Å². The number of piperazine rings is 1. The quantitative estimate of drug-likeness (QED) is 0.593. The number of likely N-dealkylation sites (tertiary alicyclic amines) is 1. The molecular weight excluding hydrogens is 436 g/mol. The summed E-state index contributed by atoms with van der Waals surface area (Å²) in [5.74, 6) is 2.10. The largest absolute Gasteiger partial charge is 0.484 e. The van der Waals surface area contributed by atoms with Crippen LogP contribution in [-0.2, 0) is 9.59 Å². The van der Waals surface area contributed by atoms with Crippen LogP contribution in [0.4, 0.5) is 5.82 Å². The molecule has 0 radical (unpaired) electrons. The molecule has 0 saturated carbocycles. The van der Waals surface area contributed by atoms with E-state index in [4.69, 9.17) is 9.26 Å². The zero-order valence-electron chi connectivity index (χ0n) is 18.7. The van der Waals surface area contributed by atoms with Gasteiger partial charge in [0.1, 0.15) is 17.6 Å². The summed E-state index contributed by atoms with van der Waals surface area (Å²) in [6.07, 6.45) is 4.33. The Labute approximate surface area is 196 Å². The third kappa shape index (κ3) is 4.85. The lowest BCUT2D eigenvalue weighted by Crippen LogP contribution is -2.48. The summed E-state index contributed by atoms with van der Waals surface area (Å²) in [6.45, 7) is 2.19. The van der Waals surface area contributed by atoms with Gasteiger partial charge in [-0.25, -0.2) is 4.98 Å². The molecule has 1 atom stereocenters. The number of hydrogen-bond acceptors (Lipinski definition) is 8. The van der Waals surface area contributed by atoms with Crippen molar-refractivity contribution in [3.05, 3.63) is 54.6 Å². The van der Waals surface area contributed by atoms with Crippen LogP contribution < -0.4 is 15.0 Å². The van der Waals surface area contributed by atoms with Gasteiger partial charge in [-0.1, -0.05) is 23.4 Å². The highest BCUT2D eigenvalue weighted by atomic mass is 16.5. The molecular formula is C24H26N6O4. The van der Waals surface area contributed by atoms with E-state index in [1.54, 1.807) is 11.1 Å². The van der Waals surface area contributed by atoms with Gasteiger partial charge in [0, 0.05) is 31.4 Å². The molecule has 176 valence electrons. The fourth-order valence-electron chi connectivity index (χ4n) is 4.26. The van der Waals surface area contributed by atoms with E-state index in [1.807, 2.05) is 47.4 Å². The number of aromatic nitrogens is 3. The highest BCUT2D eigenvalue weighted by molar-refractivity contribution is 5.82. The van der Waals surface area contributed by atoms with E-state index in [1.165, 1.54) is 0 Å². The fourth-order valence-corrected chi connectivity index (χ4v) is 4.26. The Bertz CT molecular complexity index is 1130. The molecule has 3 aromatic rings. The molecule has 10 heteroatoms. The molecule has 2 aliphatic heterocycles. The number of nitrogens with zero attached hydrogens (tertiary/aromatic N) is 5. The number of carbonyl (C=O) groups excluding carboxylic acids is 2. The third-order valence-corrected chi connectivity index (χ3v) is 6.02. The first kappa shape index (κ1) is 21.9. The van der Waals surface area contributed by atoms with E-state index in [0.29, 0.717) is 42.7 Å². The molecule has 0 bridgehead atoms. The van der Waals surface area contributed by atoms with Crippen LogP contribution in [0.5, 0.6) is 5.75 Å². The zero-order chi connectivity index (χ0) is 23.3. The number of nitrogens with one attached hydrogen (secondary N) is 1. The van der Waals surface area contributed by atoms with E-state index in [2.05, 4.69) is 20.4 Å². The standard InChI is InChI=1S/C24H26N6O4/c31-21-15-29(13-11-25-21)20-10-9-17(14-26-20)23-27-24(34-28-23)19-8-4-5-12-30(19)22(32)16-33-18-6-2-1-3-7-18/h1-3,6-7,9-10,14,19H,4-5,8,11-13,15-16H2,(H,25,31). The predicted octanol–water partition coefficient (Wildman–Crippen LogP) is 2.20.